The number of ether oxygens (including phenoxy) is 2. The third-order valence-corrected chi connectivity index (χ3v) is 7.49. The highest BCUT2D eigenvalue weighted by Gasteiger charge is 2.30. The van der Waals surface area contributed by atoms with E-state index in [1.165, 1.54) is 0 Å². The molecule has 0 aliphatic carbocycles. The van der Waals surface area contributed by atoms with Crippen LogP contribution in [-0.2, 0) is 22.6 Å². The molecule has 1 aliphatic rings. The molecule has 9 nitrogen and oxygen atoms in total. The molecular weight excluding hydrogens is 506 g/mol. The Bertz CT molecular complexity index is 1690. The van der Waals surface area contributed by atoms with E-state index in [0.717, 1.165) is 58.1 Å². The molecule has 0 bridgehead atoms. The molecule has 1 saturated heterocycles. The van der Waals surface area contributed by atoms with Crippen LogP contribution in [0.1, 0.15) is 17.3 Å². The van der Waals surface area contributed by atoms with E-state index in [9.17, 15) is 9.90 Å². The van der Waals surface area contributed by atoms with Gasteiger partial charge in [-0.3, -0.25) is 14.4 Å². The second kappa shape index (κ2) is 11.0. The molecule has 2 aromatic heterocycles. The number of rotatable bonds is 10. The smallest absolute Gasteiger partial charge is 0.307 e. The average Bonchev–Trinajstić information content (AvgIpc) is 3.29. The molecule has 9 heteroatoms. The number of hydrogen-bond acceptors (Lipinski definition) is 7. The maximum Gasteiger partial charge on any atom is 0.307 e. The first-order valence-electron chi connectivity index (χ1n) is 13.3. The quantitative estimate of drug-likeness (QED) is 0.267. The van der Waals surface area contributed by atoms with E-state index in [1.54, 1.807) is 25.4 Å². The molecule has 0 unspecified atom stereocenters. The van der Waals surface area contributed by atoms with Crippen LogP contribution in [0.4, 0.5) is 5.82 Å². The predicted octanol–water partition coefficient (Wildman–Crippen LogP) is 4.54. The van der Waals surface area contributed by atoms with Crippen molar-refractivity contribution in [3.05, 3.63) is 84.2 Å². The number of carboxylic acids is 1. The lowest BCUT2D eigenvalue weighted by molar-refractivity contribution is -0.136. The standard InChI is InChI=1S/C31H31N5O4/c1-39-13-12-35-17-24(18-35)36-28-9-8-22(21-7-6-20-10-11-33-31(32)25(20)14-21)15-26(28)27(34-36)19-40-29-5-3-2-4-23(29)16-30(37)38/h2-11,14-15,24H,12-13,16-19H2,1H3,(H2,32,33)(H,37,38). The number of nitrogen functional groups attached to an aromatic ring is 1. The molecule has 3 aromatic carbocycles. The summed E-state index contributed by atoms with van der Waals surface area (Å²) in [5, 5.41) is 17.3. The summed E-state index contributed by atoms with van der Waals surface area (Å²) in [7, 11) is 1.72. The average molecular weight is 538 g/mol. The number of aliphatic carboxylic acids is 1. The number of anilines is 1. The van der Waals surface area contributed by atoms with Gasteiger partial charge in [0.2, 0.25) is 0 Å². The minimum absolute atomic E-state index is 0.102. The third kappa shape index (κ3) is 5.09. The molecular formula is C31H31N5O4. The number of methoxy groups -OCH3 is 1. The summed E-state index contributed by atoms with van der Waals surface area (Å²) in [6.45, 7) is 3.63. The number of carbonyl (C=O) groups is 1. The number of carboxylic acid groups (broad SMARTS) is 1. The molecule has 1 aliphatic heterocycles. The SMILES string of the molecule is COCCN1CC(n2nc(COc3ccccc3CC(=O)O)c3cc(-c4ccc5ccnc(N)c5c4)ccc32)C1. The van der Waals surface area contributed by atoms with E-state index in [4.69, 9.17) is 20.3 Å². The minimum atomic E-state index is -0.898. The first-order chi connectivity index (χ1) is 19.5. The van der Waals surface area contributed by atoms with Gasteiger partial charge >= 0.3 is 5.97 Å². The number of nitrogens with zero attached hydrogens (tertiary/aromatic N) is 4. The van der Waals surface area contributed by atoms with Gasteiger partial charge in [-0.15, -0.1) is 0 Å². The molecule has 204 valence electrons. The van der Waals surface area contributed by atoms with E-state index < -0.39 is 5.97 Å². The van der Waals surface area contributed by atoms with Gasteiger partial charge in [-0.05, 0) is 46.8 Å². The second-order valence-corrected chi connectivity index (χ2v) is 10.1. The van der Waals surface area contributed by atoms with Crippen molar-refractivity contribution in [2.45, 2.75) is 19.1 Å². The van der Waals surface area contributed by atoms with E-state index in [0.29, 0.717) is 23.7 Å². The summed E-state index contributed by atoms with van der Waals surface area (Å²) in [6.07, 6.45) is 1.62. The topological polar surface area (TPSA) is 116 Å². The molecule has 3 heterocycles. The lowest BCUT2D eigenvalue weighted by atomic mass is 10.00. The van der Waals surface area contributed by atoms with Crippen molar-refractivity contribution in [3.63, 3.8) is 0 Å². The van der Waals surface area contributed by atoms with Crippen LogP contribution in [0.15, 0.2) is 72.9 Å². The van der Waals surface area contributed by atoms with Crippen LogP contribution in [0.25, 0.3) is 32.8 Å². The van der Waals surface area contributed by atoms with Gasteiger partial charge in [0.15, 0.2) is 0 Å². The molecule has 1 fully saturated rings. The maximum absolute atomic E-state index is 11.4. The molecule has 0 spiro atoms. The van der Waals surface area contributed by atoms with Crippen LogP contribution >= 0.6 is 0 Å². The summed E-state index contributed by atoms with van der Waals surface area (Å²) in [4.78, 5) is 18.0. The van der Waals surface area contributed by atoms with Crippen LogP contribution in [-0.4, -0.2) is 64.1 Å². The van der Waals surface area contributed by atoms with E-state index in [-0.39, 0.29) is 19.1 Å². The third-order valence-electron chi connectivity index (χ3n) is 7.49. The van der Waals surface area contributed by atoms with Gasteiger partial charge < -0.3 is 20.3 Å². The van der Waals surface area contributed by atoms with Crippen LogP contribution < -0.4 is 10.5 Å². The van der Waals surface area contributed by atoms with Gasteiger partial charge in [0.25, 0.3) is 0 Å². The van der Waals surface area contributed by atoms with Crippen LogP contribution in [0.2, 0.25) is 0 Å². The van der Waals surface area contributed by atoms with Crippen molar-refractivity contribution >= 4 is 33.5 Å². The minimum Gasteiger partial charge on any atom is -0.487 e. The normalized spacial score (nSPS) is 14.0. The summed E-state index contributed by atoms with van der Waals surface area (Å²) in [5.74, 6) is 0.158. The number of fused-ring (bicyclic) bond motifs is 2. The van der Waals surface area contributed by atoms with Crippen molar-refractivity contribution < 1.29 is 19.4 Å². The van der Waals surface area contributed by atoms with Gasteiger partial charge in [0, 0.05) is 49.3 Å². The zero-order valence-corrected chi connectivity index (χ0v) is 22.3. The van der Waals surface area contributed by atoms with Crippen LogP contribution in [0.3, 0.4) is 0 Å². The Morgan fingerprint density at radius 3 is 2.62 bits per heavy atom. The summed E-state index contributed by atoms with van der Waals surface area (Å²) in [5.41, 5.74) is 10.7. The Morgan fingerprint density at radius 1 is 1.05 bits per heavy atom. The predicted molar refractivity (Wildman–Crippen MR) is 154 cm³/mol. The molecule has 3 N–H and O–H groups in total. The largest absolute Gasteiger partial charge is 0.487 e. The number of aromatic nitrogens is 3. The summed E-state index contributed by atoms with van der Waals surface area (Å²) < 4.78 is 13.5. The first kappa shape index (κ1) is 25.8. The fourth-order valence-electron chi connectivity index (χ4n) is 5.34. The highest BCUT2D eigenvalue weighted by Crippen LogP contribution is 2.33. The lowest BCUT2D eigenvalue weighted by Gasteiger charge is -2.39. The Labute approximate surface area is 231 Å². The molecule has 40 heavy (non-hydrogen) atoms. The highest BCUT2D eigenvalue weighted by molar-refractivity contribution is 5.95. The van der Waals surface area contributed by atoms with Crippen molar-refractivity contribution in [1.29, 1.82) is 0 Å². The molecule has 0 atom stereocenters. The Hall–Kier alpha value is -4.47. The number of benzene rings is 3. The lowest BCUT2D eigenvalue weighted by Crippen LogP contribution is -2.49. The van der Waals surface area contributed by atoms with Crippen molar-refractivity contribution in [1.82, 2.24) is 19.7 Å². The summed E-state index contributed by atoms with van der Waals surface area (Å²) in [6, 6.07) is 22.1. The molecule has 6 rings (SSSR count). The first-order valence-corrected chi connectivity index (χ1v) is 13.3. The number of pyridine rings is 1. The fraction of sp³-hybridized carbons (Fsp3) is 0.258. The second-order valence-electron chi connectivity index (χ2n) is 10.1. The van der Waals surface area contributed by atoms with Gasteiger partial charge in [-0.1, -0.05) is 36.4 Å². The van der Waals surface area contributed by atoms with Crippen molar-refractivity contribution in [2.75, 3.05) is 39.1 Å². The number of likely N-dealkylation sites (tertiary alicyclic amines) is 1. The zero-order valence-electron chi connectivity index (χ0n) is 22.3. The van der Waals surface area contributed by atoms with Gasteiger partial charge in [0.1, 0.15) is 23.9 Å². The fourth-order valence-corrected chi connectivity index (χ4v) is 5.34. The van der Waals surface area contributed by atoms with Crippen molar-refractivity contribution in [3.8, 4) is 16.9 Å². The molecule has 0 saturated carbocycles. The van der Waals surface area contributed by atoms with Crippen molar-refractivity contribution in [2.24, 2.45) is 0 Å². The Kier molecular flexibility index (Phi) is 7.06. The van der Waals surface area contributed by atoms with Crippen LogP contribution in [0.5, 0.6) is 5.75 Å². The maximum atomic E-state index is 11.4. The monoisotopic (exact) mass is 537 g/mol. The van der Waals surface area contributed by atoms with E-state index in [1.807, 2.05) is 18.2 Å². The molecule has 0 radical (unpaired) electrons. The van der Waals surface area contributed by atoms with Gasteiger partial charge in [-0.2, -0.15) is 5.10 Å². The Morgan fingerprint density at radius 2 is 1.82 bits per heavy atom. The van der Waals surface area contributed by atoms with E-state index >= 15 is 0 Å². The highest BCUT2D eigenvalue weighted by atomic mass is 16.5. The number of nitrogens with two attached hydrogens (primary N) is 1. The summed E-state index contributed by atoms with van der Waals surface area (Å²) >= 11 is 0. The molecule has 0 amide bonds. The van der Waals surface area contributed by atoms with E-state index in [2.05, 4.69) is 51.0 Å². The number of para-hydroxylation sites is 1. The molecule has 5 aromatic rings. The number of hydrogen-bond donors (Lipinski definition) is 2. The van der Waals surface area contributed by atoms with Gasteiger partial charge in [0.05, 0.1) is 24.6 Å². The van der Waals surface area contributed by atoms with Gasteiger partial charge in [-0.25, -0.2) is 4.98 Å². The zero-order chi connectivity index (χ0) is 27.6. The van der Waals surface area contributed by atoms with Crippen LogP contribution in [0, 0.1) is 0 Å². The Balaban J connectivity index is 1.36.